The first-order valence-corrected chi connectivity index (χ1v) is 11.8. The van der Waals surface area contributed by atoms with Crippen LogP contribution in [-0.2, 0) is 11.3 Å². The van der Waals surface area contributed by atoms with E-state index in [2.05, 4.69) is 20.7 Å². The van der Waals surface area contributed by atoms with Crippen LogP contribution >= 0.6 is 0 Å². The van der Waals surface area contributed by atoms with Gasteiger partial charge in [0.15, 0.2) is 5.69 Å². The standard InChI is InChI=1S/C27H27N5O3/c33-26(23-9-8-20(18-32-14-4-13-30-32)21-5-1-2-6-22(21)23)31-24-7-3-12-28-25(24)27(34)29-17-19-10-15-35-16-11-19/h1-9,12-14,19H,10-11,15-18H2,(H,29,34)(H,31,33). The van der Waals surface area contributed by atoms with Crippen molar-refractivity contribution in [3.05, 3.63) is 90.0 Å². The molecule has 2 amide bonds. The molecule has 5 rings (SSSR count). The number of ether oxygens (including phenoxy) is 1. The molecule has 1 aliphatic rings. The van der Waals surface area contributed by atoms with Gasteiger partial charge in [0.2, 0.25) is 0 Å². The lowest BCUT2D eigenvalue weighted by Gasteiger charge is -2.22. The zero-order chi connectivity index (χ0) is 24.0. The lowest BCUT2D eigenvalue weighted by atomic mass is 9.99. The molecular formula is C27H27N5O3. The number of pyridine rings is 1. The third-order valence-electron chi connectivity index (χ3n) is 6.31. The number of anilines is 1. The highest BCUT2D eigenvalue weighted by Gasteiger charge is 2.20. The molecular weight excluding hydrogens is 442 g/mol. The molecule has 35 heavy (non-hydrogen) atoms. The Kier molecular flexibility index (Phi) is 6.81. The Morgan fingerprint density at radius 3 is 2.57 bits per heavy atom. The van der Waals surface area contributed by atoms with Crippen LogP contribution in [-0.4, -0.2) is 46.3 Å². The zero-order valence-corrected chi connectivity index (χ0v) is 19.3. The van der Waals surface area contributed by atoms with Crippen LogP contribution in [0.1, 0.15) is 39.3 Å². The van der Waals surface area contributed by atoms with Gasteiger partial charge in [-0.2, -0.15) is 5.10 Å². The van der Waals surface area contributed by atoms with Gasteiger partial charge in [0.05, 0.1) is 12.2 Å². The molecule has 1 aliphatic heterocycles. The first-order chi connectivity index (χ1) is 17.2. The van der Waals surface area contributed by atoms with E-state index in [9.17, 15) is 9.59 Å². The van der Waals surface area contributed by atoms with Crippen molar-refractivity contribution in [3.8, 4) is 0 Å². The third-order valence-corrected chi connectivity index (χ3v) is 6.31. The van der Waals surface area contributed by atoms with Crippen LogP contribution in [0.2, 0.25) is 0 Å². The van der Waals surface area contributed by atoms with Crippen LogP contribution in [0.25, 0.3) is 10.8 Å². The highest BCUT2D eigenvalue weighted by molar-refractivity contribution is 6.15. The Morgan fingerprint density at radius 2 is 1.77 bits per heavy atom. The summed E-state index contributed by atoms with van der Waals surface area (Å²) in [4.78, 5) is 30.5. The summed E-state index contributed by atoms with van der Waals surface area (Å²) in [5.74, 6) is -0.203. The number of carbonyl (C=O) groups is 2. The summed E-state index contributed by atoms with van der Waals surface area (Å²) in [6.45, 7) is 2.62. The highest BCUT2D eigenvalue weighted by atomic mass is 16.5. The normalized spacial score (nSPS) is 14.1. The van der Waals surface area contributed by atoms with E-state index >= 15 is 0 Å². The molecule has 4 aromatic rings. The Bertz CT molecular complexity index is 1330. The minimum atomic E-state index is -0.299. The van der Waals surface area contributed by atoms with Crippen molar-refractivity contribution in [3.63, 3.8) is 0 Å². The molecule has 3 heterocycles. The first-order valence-electron chi connectivity index (χ1n) is 11.8. The average Bonchev–Trinajstić information content (AvgIpc) is 3.41. The van der Waals surface area contributed by atoms with Gasteiger partial charge in [-0.1, -0.05) is 30.3 Å². The molecule has 8 heteroatoms. The zero-order valence-electron chi connectivity index (χ0n) is 19.3. The minimum absolute atomic E-state index is 0.201. The second-order valence-corrected chi connectivity index (χ2v) is 8.64. The topological polar surface area (TPSA) is 98.1 Å². The van der Waals surface area contributed by atoms with Crippen molar-refractivity contribution in [2.24, 2.45) is 5.92 Å². The van der Waals surface area contributed by atoms with E-state index in [0.29, 0.717) is 30.3 Å². The van der Waals surface area contributed by atoms with E-state index in [1.165, 1.54) is 0 Å². The van der Waals surface area contributed by atoms with E-state index in [4.69, 9.17) is 4.74 Å². The maximum Gasteiger partial charge on any atom is 0.272 e. The van der Waals surface area contributed by atoms with Gasteiger partial charge in [-0.25, -0.2) is 4.98 Å². The van der Waals surface area contributed by atoms with Gasteiger partial charge in [-0.05, 0) is 59.4 Å². The molecule has 2 N–H and O–H groups in total. The number of hydrogen-bond donors (Lipinski definition) is 2. The number of aromatic nitrogens is 3. The molecule has 2 aromatic carbocycles. The number of fused-ring (bicyclic) bond motifs is 1. The van der Waals surface area contributed by atoms with Gasteiger partial charge in [-0.15, -0.1) is 0 Å². The molecule has 0 saturated carbocycles. The number of nitrogens with zero attached hydrogens (tertiary/aromatic N) is 3. The van der Waals surface area contributed by atoms with E-state index < -0.39 is 0 Å². The molecule has 0 radical (unpaired) electrons. The number of benzene rings is 2. The quantitative estimate of drug-likeness (QED) is 0.428. The molecule has 8 nitrogen and oxygen atoms in total. The van der Waals surface area contributed by atoms with Crippen LogP contribution in [0.4, 0.5) is 5.69 Å². The summed E-state index contributed by atoms with van der Waals surface area (Å²) >= 11 is 0. The highest BCUT2D eigenvalue weighted by Crippen LogP contribution is 2.25. The van der Waals surface area contributed by atoms with Gasteiger partial charge in [0, 0.05) is 43.9 Å². The minimum Gasteiger partial charge on any atom is -0.381 e. The number of amides is 2. The smallest absolute Gasteiger partial charge is 0.272 e. The second kappa shape index (κ2) is 10.5. The Morgan fingerprint density at radius 1 is 0.943 bits per heavy atom. The lowest BCUT2D eigenvalue weighted by molar-refractivity contribution is 0.0642. The second-order valence-electron chi connectivity index (χ2n) is 8.64. The van der Waals surface area contributed by atoms with Gasteiger partial charge in [-0.3, -0.25) is 14.3 Å². The molecule has 1 saturated heterocycles. The van der Waals surface area contributed by atoms with Crippen LogP contribution in [0.5, 0.6) is 0 Å². The fraction of sp³-hybridized carbons (Fsp3) is 0.259. The molecule has 0 bridgehead atoms. The summed E-state index contributed by atoms with van der Waals surface area (Å²) in [7, 11) is 0. The molecule has 178 valence electrons. The van der Waals surface area contributed by atoms with Gasteiger partial charge < -0.3 is 15.4 Å². The largest absolute Gasteiger partial charge is 0.381 e. The summed E-state index contributed by atoms with van der Waals surface area (Å²) in [6, 6.07) is 16.9. The maximum absolute atomic E-state index is 13.3. The number of rotatable bonds is 7. The number of nitrogens with one attached hydrogen (secondary N) is 2. The third kappa shape index (κ3) is 5.22. The van der Waals surface area contributed by atoms with E-state index in [0.717, 1.165) is 42.4 Å². The Hall–Kier alpha value is -4.04. The average molecular weight is 470 g/mol. The van der Waals surface area contributed by atoms with E-state index in [-0.39, 0.29) is 17.5 Å². The van der Waals surface area contributed by atoms with Crippen molar-refractivity contribution in [2.45, 2.75) is 19.4 Å². The summed E-state index contributed by atoms with van der Waals surface area (Å²) in [5, 5.41) is 12.0. The van der Waals surface area contributed by atoms with E-state index in [1.807, 2.05) is 53.3 Å². The monoisotopic (exact) mass is 469 g/mol. The van der Waals surface area contributed by atoms with E-state index in [1.54, 1.807) is 24.5 Å². The van der Waals surface area contributed by atoms with Crippen molar-refractivity contribution >= 4 is 28.3 Å². The lowest BCUT2D eigenvalue weighted by Crippen LogP contribution is -2.33. The SMILES string of the molecule is O=C(NCC1CCOCC1)c1ncccc1NC(=O)c1ccc(Cn2cccn2)c2ccccc12. The van der Waals surface area contributed by atoms with Crippen LogP contribution in [0.15, 0.2) is 73.2 Å². The van der Waals surface area contributed by atoms with Crippen molar-refractivity contribution in [1.82, 2.24) is 20.1 Å². The summed E-state index contributed by atoms with van der Waals surface area (Å²) < 4.78 is 7.23. The molecule has 2 aromatic heterocycles. The van der Waals surface area contributed by atoms with Gasteiger partial charge in [0.1, 0.15) is 0 Å². The maximum atomic E-state index is 13.3. The fourth-order valence-electron chi connectivity index (χ4n) is 4.41. The summed E-state index contributed by atoms with van der Waals surface area (Å²) in [5.41, 5.74) is 2.18. The Balaban J connectivity index is 1.35. The summed E-state index contributed by atoms with van der Waals surface area (Å²) in [6.07, 6.45) is 7.06. The predicted octanol–water partition coefficient (Wildman–Crippen LogP) is 3.89. The predicted molar refractivity (Wildman–Crippen MR) is 133 cm³/mol. The van der Waals surface area contributed by atoms with Crippen molar-refractivity contribution < 1.29 is 14.3 Å². The Labute approximate surface area is 203 Å². The molecule has 0 atom stereocenters. The number of hydrogen-bond acceptors (Lipinski definition) is 5. The number of carbonyl (C=O) groups excluding carboxylic acids is 2. The molecule has 0 aliphatic carbocycles. The van der Waals surface area contributed by atoms with Gasteiger partial charge >= 0.3 is 0 Å². The van der Waals surface area contributed by atoms with Crippen LogP contribution in [0.3, 0.4) is 0 Å². The molecule has 1 fully saturated rings. The van der Waals surface area contributed by atoms with Crippen molar-refractivity contribution in [1.29, 1.82) is 0 Å². The molecule has 0 spiro atoms. The first kappa shape index (κ1) is 22.7. The molecule has 0 unspecified atom stereocenters. The van der Waals surface area contributed by atoms with Crippen molar-refractivity contribution in [2.75, 3.05) is 25.1 Å². The van der Waals surface area contributed by atoms with Crippen LogP contribution < -0.4 is 10.6 Å². The fourth-order valence-corrected chi connectivity index (χ4v) is 4.41. The van der Waals surface area contributed by atoms with Crippen LogP contribution in [0, 0.1) is 5.92 Å². The van der Waals surface area contributed by atoms with Gasteiger partial charge in [0.25, 0.3) is 11.8 Å².